The number of halogens is 4. The Labute approximate surface area is 138 Å². The molecule has 0 rings (SSSR count). The van der Waals surface area contributed by atoms with Gasteiger partial charge in [0.2, 0.25) is 0 Å². The minimum Gasteiger partial charge on any atom is -0.171 e. The number of unbranched alkanes of at least 4 members (excludes halogenated alkanes) is 7. The third-order valence-corrected chi connectivity index (χ3v) is 2.81. The topological polar surface area (TPSA) is 74.6 Å². The molecule has 0 radical (unpaired) electrons. The van der Waals surface area contributed by atoms with Crippen molar-refractivity contribution < 1.29 is 35.1 Å². The second kappa shape index (κ2) is 13.6. The maximum absolute atomic E-state index is 12.4. The summed E-state index contributed by atoms with van der Waals surface area (Å²) in [6.07, 6.45) is 2.89. The molecule has 0 bridgehead atoms. The standard InChI is InChI=1S/C12H21F4.Li.H2O4S/c13-11-9-7-5-3-1-2-4-6-8-10-12(14,15)16;;1-5(2,3)4/h11H,1-10H2;;(H2,1,2,3,4). The Bertz CT molecular complexity index is 340. The van der Waals surface area contributed by atoms with E-state index in [1.165, 1.54) is 0 Å². The van der Waals surface area contributed by atoms with Crippen molar-refractivity contribution in [2.75, 3.05) is 0 Å². The normalized spacial score (nSPS) is 13.5. The van der Waals surface area contributed by atoms with Gasteiger partial charge in [-0.3, -0.25) is 9.11 Å². The number of rotatable bonds is 10. The van der Waals surface area contributed by atoms with Crippen LogP contribution in [0.3, 0.4) is 0 Å². The third kappa shape index (κ3) is 36.9. The molecule has 0 heterocycles. The minimum atomic E-state index is -4.67. The molecule has 0 aliphatic rings. The van der Waals surface area contributed by atoms with Crippen LogP contribution in [0.15, 0.2) is 0 Å². The molecule has 4 nitrogen and oxygen atoms in total. The van der Waals surface area contributed by atoms with Gasteiger partial charge in [-0.2, -0.15) is 21.6 Å². The van der Waals surface area contributed by atoms with E-state index in [-0.39, 0.29) is 6.42 Å². The molecule has 1 unspecified atom stereocenters. The molecule has 0 spiro atoms. The van der Waals surface area contributed by atoms with Gasteiger partial charge in [0.25, 0.3) is 0 Å². The number of hydrogen-bond acceptors (Lipinski definition) is 2. The summed E-state index contributed by atoms with van der Waals surface area (Å²) >= 11 is 1.57. The molecule has 1 atom stereocenters. The molecule has 0 saturated carbocycles. The number of alkyl halides is 4. The Hall–Kier alpha value is 0.187. The summed E-state index contributed by atoms with van der Waals surface area (Å²) in [6, 6.07) is 0. The van der Waals surface area contributed by atoms with Crippen LogP contribution in [0.5, 0.6) is 0 Å². The van der Waals surface area contributed by atoms with Crippen molar-refractivity contribution in [3.63, 3.8) is 0 Å². The first-order chi connectivity index (χ1) is 9.92. The molecule has 0 saturated heterocycles. The van der Waals surface area contributed by atoms with Gasteiger partial charge in [0.15, 0.2) is 0 Å². The first kappa shape index (κ1) is 24.4. The predicted molar refractivity (Wildman–Crippen MR) is 77.1 cm³/mol. The Balaban J connectivity index is 0. The second-order valence-electron chi connectivity index (χ2n) is 5.21. The molecule has 22 heavy (non-hydrogen) atoms. The van der Waals surface area contributed by atoms with Crippen LogP contribution in [-0.4, -0.2) is 46.3 Å². The van der Waals surface area contributed by atoms with E-state index in [0.29, 0.717) is 12.8 Å². The minimum absolute atomic E-state index is 0.253. The summed E-state index contributed by atoms with van der Waals surface area (Å²) in [6.45, 7) is 0. The van der Waals surface area contributed by atoms with E-state index in [4.69, 9.17) is 17.5 Å². The van der Waals surface area contributed by atoms with Gasteiger partial charge in [-0.05, 0) is 0 Å². The zero-order valence-corrected chi connectivity index (χ0v) is 13.6. The van der Waals surface area contributed by atoms with Crippen LogP contribution in [0.2, 0.25) is 0 Å². The first-order valence-corrected chi connectivity index (χ1v) is 8.72. The quantitative estimate of drug-likeness (QED) is 0.268. The van der Waals surface area contributed by atoms with Gasteiger partial charge in [-0.15, -0.1) is 0 Å². The van der Waals surface area contributed by atoms with Crippen LogP contribution < -0.4 is 0 Å². The van der Waals surface area contributed by atoms with Gasteiger partial charge in [0.1, 0.15) is 0 Å². The fraction of sp³-hybridized carbons (Fsp3) is 1.00. The van der Waals surface area contributed by atoms with Gasteiger partial charge in [-0.1, -0.05) is 0 Å². The van der Waals surface area contributed by atoms with Crippen LogP contribution in [0.4, 0.5) is 17.6 Å². The smallest absolute Gasteiger partial charge is 0.171 e. The Kier molecular flexibility index (Phi) is 15.1. The average molecular weight is 346 g/mol. The average Bonchev–Trinajstić information content (AvgIpc) is 2.27. The Morgan fingerprint density at radius 1 is 0.864 bits per heavy atom. The van der Waals surface area contributed by atoms with Crippen LogP contribution in [0.1, 0.15) is 64.2 Å². The molecule has 0 aromatic carbocycles. The molecule has 0 aliphatic carbocycles. The van der Waals surface area contributed by atoms with Crippen LogP contribution >= 0.6 is 0 Å². The molecule has 0 aromatic rings. The summed E-state index contributed by atoms with van der Waals surface area (Å²) in [5, 5.41) is 0. The van der Waals surface area contributed by atoms with Crippen molar-refractivity contribution in [2.24, 2.45) is 0 Å². The summed E-state index contributed by atoms with van der Waals surface area (Å²) in [4.78, 5) is -0.711. The number of hydrogen-bond donors (Lipinski definition) is 2. The summed E-state index contributed by atoms with van der Waals surface area (Å²) in [5.74, 6) is 0. The zero-order valence-electron chi connectivity index (χ0n) is 12.8. The van der Waals surface area contributed by atoms with E-state index in [1.54, 1.807) is 17.7 Å². The van der Waals surface area contributed by atoms with E-state index in [0.717, 1.165) is 38.5 Å². The van der Waals surface area contributed by atoms with Gasteiger partial charge < -0.3 is 0 Å². The van der Waals surface area contributed by atoms with Gasteiger partial charge in [0.05, 0.1) is 0 Å². The second-order valence-corrected chi connectivity index (χ2v) is 6.11. The molecule has 0 aliphatic heterocycles. The van der Waals surface area contributed by atoms with Crippen LogP contribution in [-0.2, 0) is 10.4 Å². The monoisotopic (exact) mass is 346 g/mol. The van der Waals surface area contributed by atoms with Crippen LogP contribution in [0, 0.1) is 0 Å². The molecule has 0 aromatic heterocycles. The maximum atomic E-state index is 12.4. The molecule has 2 N–H and O–H groups in total. The molecule has 0 amide bonds. The van der Waals surface area contributed by atoms with E-state index in [9.17, 15) is 17.6 Å². The van der Waals surface area contributed by atoms with Crippen LogP contribution in [0.25, 0.3) is 0 Å². The van der Waals surface area contributed by atoms with Gasteiger partial charge in [-0.25, -0.2) is 0 Å². The summed E-state index contributed by atoms with van der Waals surface area (Å²) in [5.41, 5.74) is 0. The van der Waals surface area contributed by atoms with Crippen molar-refractivity contribution in [1.29, 1.82) is 0 Å². The van der Waals surface area contributed by atoms with Gasteiger partial charge in [0, 0.05) is 0 Å². The van der Waals surface area contributed by atoms with Crippen molar-refractivity contribution >= 4 is 28.1 Å². The zero-order chi connectivity index (χ0) is 17.6. The molecule has 10 heteroatoms. The van der Waals surface area contributed by atoms with Crippen molar-refractivity contribution in [2.45, 2.75) is 75.2 Å². The van der Waals surface area contributed by atoms with Crippen molar-refractivity contribution in [3.05, 3.63) is 0 Å². The Morgan fingerprint density at radius 2 is 1.18 bits per heavy atom. The van der Waals surface area contributed by atoms with E-state index >= 15 is 0 Å². The molecule has 130 valence electrons. The molecular formula is C12H23F4LiO4S. The van der Waals surface area contributed by atoms with Gasteiger partial charge >= 0.3 is 108 Å². The molecule has 0 fully saturated rings. The Morgan fingerprint density at radius 3 is 1.50 bits per heavy atom. The summed E-state index contributed by atoms with van der Waals surface area (Å²) < 4.78 is 79.4. The predicted octanol–water partition coefficient (Wildman–Crippen LogP) is 4.26. The van der Waals surface area contributed by atoms with E-state index in [1.807, 2.05) is 0 Å². The fourth-order valence-electron chi connectivity index (χ4n) is 1.81. The molecular weight excluding hydrogens is 323 g/mol. The first-order valence-electron chi connectivity index (χ1n) is 7.32. The van der Waals surface area contributed by atoms with Crippen molar-refractivity contribution in [1.82, 2.24) is 0 Å². The van der Waals surface area contributed by atoms with E-state index < -0.39 is 27.8 Å². The fourth-order valence-corrected chi connectivity index (χ4v) is 1.81. The van der Waals surface area contributed by atoms with E-state index in [2.05, 4.69) is 0 Å². The third-order valence-electron chi connectivity index (χ3n) is 2.81. The van der Waals surface area contributed by atoms with Crippen molar-refractivity contribution in [3.8, 4) is 0 Å². The summed E-state index contributed by atoms with van der Waals surface area (Å²) in [7, 11) is -4.67. The SMILES string of the molecule is O=S(=O)(O)O.[Li][CH](F)CCCCCCCCCCC(F)(F)F.